The monoisotopic (exact) mass is 522 g/mol. The minimum atomic E-state index is -3.08. The van der Waals surface area contributed by atoms with Gasteiger partial charge in [-0.25, -0.2) is 8.57 Å². The highest BCUT2D eigenvalue weighted by molar-refractivity contribution is 9.10. The van der Waals surface area contributed by atoms with E-state index in [0.29, 0.717) is 39.5 Å². The molecule has 0 saturated carbocycles. The molecule has 0 aromatic heterocycles. The fraction of sp³-hybridized carbons (Fsp3) is 0.190. The van der Waals surface area contributed by atoms with Crippen molar-refractivity contribution in [2.24, 2.45) is 4.36 Å². The van der Waals surface area contributed by atoms with Crippen LogP contribution in [0.5, 0.6) is 5.75 Å². The van der Waals surface area contributed by atoms with Gasteiger partial charge in [-0.05, 0) is 30.3 Å². The second-order valence-corrected chi connectivity index (χ2v) is 10.7. The molecule has 31 heavy (non-hydrogen) atoms. The number of hydrogen-bond acceptors (Lipinski definition) is 6. The van der Waals surface area contributed by atoms with Crippen molar-refractivity contribution < 1.29 is 24.0 Å². The van der Waals surface area contributed by atoms with Gasteiger partial charge in [-0.3, -0.25) is 9.52 Å². The van der Waals surface area contributed by atoms with Crippen LogP contribution in [0.3, 0.4) is 0 Å². The normalized spacial score (nSPS) is 15.8. The van der Waals surface area contributed by atoms with Crippen LogP contribution in [-0.4, -0.2) is 45.4 Å². The smallest absolute Gasteiger partial charge is 0.313 e. The Hall–Kier alpha value is -2.27. The van der Waals surface area contributed by atoms with Crippen LogP contribution in [0.2, 0.25) is 0 Å². The number of carboxylic acids is 1. The molecule has 0 amide bonds. The zero-order valence-corrected chi connectivity index (χ0v) is 19.4. The van der Waals surface area contributed by atoms with E-state index in [-0.39, 0.29) is 17.5 Å². The maximum Gasteiger partial charge on any atom is 0.313 e. The van der Waals surface area contributed by atoms with Crippen molar-refractivity contribution in [1.82, 2.24) is 0 Å². The van der Waals surface area contributed by atoms with Gasteiger partial charge in [0.05, 0.1) is 34.4 Å². The third kappa shape index (κ3) is 4.82. The number of phenols is 1. The maximum atomic E-state index is 14.1. The summed E-state index contributed by atoms with van der Waals surface area (Å²) in [5.74, 6) is -1.21. The van der Waals surface area contributed by atoms with E-state index in [1.807, 2.05) is 6.07 Å². The Labute approximate surface area is 192 Å². The van der Waals surface area contributed by atoms with Gasteiger partial charge in [-0.1, -0.05) is 40.2 Å². The molecule has 0 bridgehead atoms. The lowest BCUT2D eigenvalue weighted by atomic mass is 10.1. The Morgan fingerprint density at radius 1 is 1.19 bits per heavy atom. The summed E-state index contributed by atoms with van der Waals surface area (Å²) in [4.78, 5) is 11.9. The number of nitrogens with zero attached hydrogens (tertiary/aromatic N) is 1. The van der Waals surface area contributed by atoms with E-state index in [0.717, 1.165) is 16.2 Å². The number of halogens is 1. The number of carbonyl (C=O) groups is 1. The van der Waals surface area contributed by atoms with Crippen molar-refractivity contribution >= 4 is 60.0 Å². The molecular formula is C21H19BrN2O5S2. The van der Waals surface area contributed by atoms with Gasteiger partial charge in [0.25, 0.3) is 0 Å². The molecule has 1 fully saturated rings. The van der Waals surface area contributed by atoms with E-state index in [1.165, 1.54) is 0 Å². The number of rotatable bonds is 7. The molecule has 3 N–H and O–H groups in total. The summed E-state index contributed by atoms with van der Waals surface area (Å²) >= 11 is 4.39. The second kappa shape index (κ2) is 9.07. The van der Waals surface area contributed by atoms with Crippen molar-refractivity contribution in [3.8, 4) is 5.75 Å². The zero-order valence-electron chi connectivity index (χ0n) is 16.2. The van der Waals surface area contributed by atoms with Crippen molar-refractivity contribution in [1.29, 1.82) is 0 Å². The third-order valence-corrected chi connectivity index (χ3v) is 8.18. The number of benzene rings is 3. The Bertz CT molecular complexity index is 1250. The molecule has 0 spiro atoms. The minimum absolute atomic E-state index is 0.00753. The van der Waals surface area contributed by atoms with E-state index < -0.39 is 15.9 Å². The lowest BCUT2D eigenvalue weighted by molar-refractivity contribution is -0.133. The molecule has 1 heterocycles. The van der Waals surface area contributed by atoms with Gasteiger partial charge in [-0.15, -0.1) is 11.8 Å². The van der Waals surface area contributed by atoms with Crippen molar-refractivity contribution in [2.45, 2.75) is 15.8 Å². The van der Waals surface area contributed by atoms with E-state index in [9.17, 15) is 14.1 Å². The molecule has 1 aliphatic rings. The second-order valence-electron chi connectivity index (χ2n) is 6.88. The predicted octanol–water partition coefficient (Wildman–Crippen LogP) is 4.74. The van der Waals surface area contributed by atoms with E-state index in [2.05, 4.69) is 25.0 Å². The van der Waals surface area contributed by atoms with Crippen molar-refractivity contribution in [3.05, 3.63) is 59.1 Å². The summed E-state index contributed by atoms with van der Waals surface area (Å²) in [6.07, 6.45) is 0. The number of hydrogen-bond donors (Lipinski definition) is 3. The number of thioether (sulfide) groups is 1. The Balaban J connectivity index is 1.84. The third-order valence-electron chi connectivity index (χ3n) is 4.63. The van der Waals surface area contributed by atoms with Crippen molar-refractivity contribution in [2.75, 3.05) is 23.7 Å². The Morgan fingerprint density at radius 2 is 1.87 bits per heavy atom. The van der Waals surface area contributed by atoms with Gasteiger partial charge in [0.15, 0.2) is 9.92 Å². The van der Waals surface area contributed by atoms with Crippen molar-refractivity contribution in [3.63, 3.8) is 0 Å². The number of carboxylic acid groups (broad SMARTS) is 1. The lowest BCUT2D eigenvalue weighted by Gasteiger charge is -2.25. The number of fused-ring (bicyclic) bond motifs is 1. The quantitative estimate of drug-likeness (QED) is 0.305. The highest BCUT2D eigenvalue weighted by Gasteiger charge is 2.24. The lowest BCUT2D eigenvalue weighted by Crippen LogP contribution is -2.33. The van der Waals surface area contributed by atoms with Gasteiger partial charge in [0.2, 0.25) is 0 Å². The number of aromatic hydroxyl groups is 1. The molecule has 7 nitrogen and oxygen atoms in total. The summed E-state index contributed by atoms with van der Waals surface area (Å²) in [7, 11) is -3.08. The van der Waals surface area contributed by atoms with Gasteiger partial charge in [-0.2, -0.15) is 0 Å². The molecular weight excluding hydrogens is 504 g/mol. The summed E-state index contributed by atoms with van der Waals surface area (Å²) in [5.41, 5.74) is 0.498. The average molecular weight is 523 g/mol. The van der Waals surface area contributed by atoms with Crippen LogP contribution in [0.15, 0.2) is 73.2 Å². The van der Waals surface area contributed by atoms with Crippen LogP contribution in [0.1, 0.15) is 0 Å². The Morgan fingerprint density at radius 3 is 2.48 bits per heavy atom. The average Bonchev–Trinajstić information content (AvgIpc) is 2.72. The van der Waals surface area contributed by atoms with Gasteiger partial charge < -0.3 is 14.9 Å². The number of anilines is 1. The van der Waals surface area contributed by atoms with Gasteiger partial charge >= 0.3 is 5.97 Å². The molecule has 3 aromatic carbocycles. The number of ether oxygens (including phenoxy) is 1. The Kier molecular flexibility index (Phi) is 6.42. The first kappa shape index (κ1) is 21.9. The topological polar surface area (TPSA) is 108 Å². The highest BCUT2D eigenvalue weighted by Crippen LogP contribution is 2.40. The number of aliphatic carboxylic acids is 1. The molecule has 0 radical (unpaired) electrons. The zero-order chi connectivity index (χ0) is 22.0. The molecule has 3 aromatic rings. The SMILES string of the molecule is O=C(O)CSc1cc(NS(=O)(=NC2COC2)c2ccc(Br)cc2)c2ccccc2c1O. The molecule has 1 unspecified atom stereocenters. The van der Waals surface area contributed by atoms with Crippen LogP contribution in [0.4, 0.5) is 5.69 Å². The molecule has 10 heteroatoms. The fourth-order valence-corrected chi connectivity index (χ4v) is 5.87. The first-order valence-corrected chi connectivity index (χ1v) is 12.6. The van der Waals surface area contributed by atoms with Gasteiger partial charge in [0.1, 0.15) is 11.8 Å². The first-order chi connectivity index (χ1) is 14.9. The van der Waals surface area contributed by atoms with Crippen LogP contribution in [0, 0.1) is 0 Å². The minimum Gasteiger partial charge on any atom is -0.506 e. The largest absolute Gasteiger partial charge is 0.506 e. The molecule has 1 atom stereocenters. The summed E-state index contributed by atoms with van der Waals surface area (Å²) in [6.45, 7) is 0.816. The fourth-order valence-electron chi connectivity index (χ4n) is 3.08. The van der Waals surface area contributed by atoms with Crippen LogP contribution in [0.25, 0.3) is 10.8 Å². The highest BCUT2D eigenvalue weighted by atomic mass is 79.9. The molecule has 0 aliphatic carbocycles. The van der Waals surface area contributed by atoms with Gasteiger partial charge in [0, 0.05) is 15.2 Å². The molecule has 1 aliphatic heterocycles. The molecule has 1 saturated heterocycles. The maximum absolute atomic E-state index is 14.1. The van der Waals surface area contributed by atoms with E-state index >= 15 is 0 Å². The molecule has 4 rings (SSSR count). The number of nitrogens with one attached hydrogen (secondary N) is 1. The summed E-state index contributed by atoms with van der Waals surface area (Å²) in [5, 5.41) is 20.9. The van der Waals surface area contributed by atoms with E-state index in [4.69, 9.17) is 9.84 Å². The van der Waals surface area contributed by atoms with E-state index in [1.54, 1.807) is 48.5 Å². The molecule has 162 valence electrons. The predicted molar refractivity (Wildman–Crippen MR) is 125 cm³/mol. The summed E-state index contributed by atoms with van der Waals surface area (Å²) in [6, 6.07) is 15.6. The van der Waals surface area contributed by atoms with Crippen LogP contribution < -0.4 is 4.72 Å². The summed E-state index contributed by atoms with van der Waals surface area (Å²) < 4.78 is 27.8. The number of phenolic OH excluding ortho intramolecular Hbond substituents is 1. The standard InChI is InChI=1S/C21H19BrN2O5S2/c22-13-5-7-15(8-6-13)31(28,23-14-10-29-11-14)24-18-9-19(30-12-20(25)26)21(27)17-4-2-1-3-16(17)18/h1-9,14,27H,10-12H2,(H,25,26)(H,23,24,28). The first-order valence-electron chi connectivity index (χ1n) is 9.32. The van der Waals surface area contributed by atoms with Crippen LogP contribution in [-0.2, 0) is 19.4 Å². The van der Waals surface area contributed by atoms with Crippen LogP contribution >= 0.6 is 27.7 Å².